The first-order valence-corrected chi connectivity index (χ1v) is 7.13. The molecular weight excluding hydrogens is 314 g/mol. The van der Waals surface area contributed by atoms with Crippen LogP contribution in [0.4, 0.5) is 14.6 Å². The van der Waals surface area contributed by atoms with Crippen molar-refractivity contribution in [1.82, 2.24) is 14.9 Å². The molecule has 1 aliphatic heterocycles. The van der Waals surface area contributed by atoms with Crippen molar-refractivity contribution in [1.29, 1.82) is 0 Å². The van der Waals surface area contributed by atoms with E-state index < -0.39 is 30.0 Å². The molecule has 0 amide bonds. The number of aliphatic hydroxyl groups is 1. The second kappa shape index (κ2) is 7.30. The van der Waals surface area contributed by atoms with Crippen molar-refractivity contribution >= 4 is 5.82 Å². The number of nitrogens with two attached hydrogens (primary N) is 1. The molecule has 0 unspecified atom stereocenters. The highest BCUT2D eigenvalue weighted by Crippen LogP contribution is 2.41. The van der Waals surface area contributed by atoms with Crippen molar-refractivity contribution < 1.29 is 23.4 Å². The molecule has 0 radical (unpaired) electrons. The lowest BCUT2D eigenvalue weighted by Gasteiger charge is -2.20. The van der Waals surface area contributed by atoms with E-state index in [1.54, 1.807) is 7.11 Å². The van der Waals surface area contributed by atoms with Crippen LogP contribution in [0.15, 0.2) is 17.1 Å². The second-order valence-electron chi connectivity index (χ2n) is 5.24. The summed E-state index contributed by atoms with van der Waals surface area (Å²) in [4.78, 5) is 15.1. The van der Waals surface area contributed by atoms with Gasteiger partial charge in [0.1, 0.15) is 18.0 Å². The zero-order chi connectivity index (χ0) is 17.0. The van der Waals surface area contributed by atoms with Crippen molar-refractivity contribution in [3.63, 3.8) is 0 Å². The minimum Gasteiger partial charge on any atom is -0.385 e. The molecule has 1 fully saturated rings. The Morgan fingerprint density at radius 3 is 3.00 bits per heavy atom. The molecule has 0 aliphatic carbocycles. The monoisotopic (exact) mass is 334 g/mol. The average molecular weight is 334 g/mol. The molecule has 2 rings (SSSR count). The normalized spacial score (nSPS) is 26.5. The summed E-state index contributed by atoms with van der Waals surface area (Å²) in [5.41, 5.74) is 4.37. The van der Waals surface area contributed by atoms with Crippen LogP contribution < -0.4 is 16.7 Å². The lowest BCUT2D eigenvalue weighted by Crippen LogP contribution is -2.43. The smallest absolute Gasteiger partial charge is 0.351 e. The van der Waals surface area contributed by atoms with E-state index in [0.717, 1.165) is 6.20 Å². The third kappa shape index (κ3) is 3.83. The molecule has 0 bridgehead atoms. The number of nitrogens with one attached hydrogen (secondary N) is 1. The predicted octanol–water partition coefficient (Wildman–Crippen LogP) is -0.655. The maximum atomic E-state index is 14.2. The number of ether oxygens (including phenoxy) is 2. The Hall–Kier alpha value is -1.62. The maximum absolute atomic E-state index is 14.2. The Morgan fingerprint density at radius 1 is 1.61 bits per heavy atom. The van der Waals surface area contributed by atoms with E-state index >= 15 is 0 Å². The number of aliphatic hydroxyl groups excluding tert-OH is 1. The van der Waals surface area contributed by atoms with Gasteiger partial charge in [-0.25, -0.2) is 4.79 Å². The largest absolute Gasteiger partial charge is 0.385 e. The van der Waals surface area contributed by atoms with Crippen LogP contribution in [0.3, 0.4) is 0 Å². The van der Waals surface area contributed by atoms with Gasteiger partial charge in [0.25, 0.3) is 0 Å². The van der Waals surface area contributed by atoms with Crippen LogP contribution >= 0.6 is 0 Å². The molecule has 1 saturated heterocycles. The standard InChI is InChI=1S/C13H20F2N4O4/c1-22-6-2-4-17-7-8-10(20)13(14,15)11(23-8)19-5-3-9(16)18-12(19)21/h3,5,8,10-11,17,20H,2,4,6-7H2,1H3,(H2,16,18,21)/t8-,10-,11-/m1/s1. The average Bonchev–Trinajstić information content (AvgIpc) is 2.71. The van der Waals surface area contributed by atoms with Crippen molar-refractivity contribution in [2.45, 2.75) is 30.8 Å². The summed E-state index contributed by atoms with van der Waals surface area (Å²) >= 11 is 0. The second-order valence-corrected chi connectivity index (χ2v) is 5.24. The Kier molecular flexibility index (Phi) is 5.63. The van der Waals surface area contributed by atoms with Crippen LogP contribution in [0.2, 0.25) is 0 Å². The first kappa shape index (κ1) is 17.7. The molecule has 8 nitrogen and oxygen atoms in total. The number of aromatic nitrogens is 2. The van der Waals surface area contributed by atoms with E-state index in [0.29, 0.717) is 24.1 Å². The number of hydrogen-bond donors (Lipinski definition) is 3. The van der Waals surface area contributed by atoms with Gasteiger partial charge in [0.05, 0.1) is 0 Å². The molecule has 2 heterocycles. The lowest BCUT2D eigenvalue weighted by molar-refractivity contribution is -0.140. The van der Waals surface area contributed by atoms with E-state index in [9.17, 15) is 18.7 Å². The van der Waals surface area contributed by atoms with Gasteiger partial charge in [-0.1, -0.05) is 0 Å². The van der Waals surface area contributed by atoms with Gasteiger partial charge in [0.2, 0.25) is 6.23 Å². The van der Waals surface area contributed by atoms with Crippen LogP contribution in [-0.2, 0) is 9.47 Å². The van der Waals surface area contributed by atoms with Crippen LogP contribution in [-0.4, -0.2) is 59.6 Å². The zero-order valence-corrected chi connectivity index (χ0v) is 12.6. The molecule has 0 spiro atoms. The van der Waals surface area contributed by atoms with E-state index in [1.807, 2.05) is 0 Å². The van der Waals surface area contributed by atoms with E-state index in [-0.39, 0.29) is 12.4 Å². The van der Waals surface area contributed by atoms with Gasteiger partial charge < -0.3 is 25.6 Å². The number of methoxy groups -OCH3 is 1. The Morgan fingerprint density at radius 2 is 2.35 bits per heavy atom. The van der Waals surface area contributed by atoms with Crippen LogP contribution in [0.25, 0.3) is 0 Å². The fourth-order valence-electron chi connectivity index (χ4n) is 2.33. The Balaban J connectivity index is 2.06. The van der Waals surface area contributed by atoms with Crippen molar-refractivity contribution in [3.8, 4) is 0 Å². The predicted molar refractivity (Wildman–Crippen MR) is 77.1 cm³/mol. The molecule has 4 N–H and O–H groups in total. The van der Waals surface area contributed by atoms with Gasteiger partial charge >= 0.3 is 11.6 Å². The number of hydrogen-bond acceptors (Lipinski definition) is 7. The summed E-state index contributed by atoms with van der Waals surface area (Å²) < 4.78 is 39.1. The quantitative estimate of drug-likeness (QED) is 0.568. The summed E-state index contributed by atoms with van der Waals surface area (Å²) in [5.74, 6) is -3.70. The lowest BCUT2D eigenvalue weighted by atomic mass is 10.1. The highest BCUT2D eigenvalue weighted by Gasteiger charge is 2.59. The van der Waals surface area contributed by atoms with Crippen molar-refractivity contribution in [2.24, 2.45) is 0 Å². The zero-order valence-electron chi connectivity index (χ0n) is 12.6. The molecule has 1 aromatic rings. The van der Waals surface area contributed by atoms with Gasteiger partial charge in [0, 0.05) is 26.5 Å². The molecule has 1 aliphatic rings. The molecule has 23 heavy (non-hydrogen) atoms. The van der Waals surface area contributed by atoms with E-state index in [1.165, 1.54) is 6.07 Å². The summed E-state index contributed by atoms with van der Waals surface area (Å²) in [7, 11) is 1.56. The molecule has 3 atom stereocenters. The Labute approximate surface area is 131 Å². The minimum absolute atomic E-state index is 0.0219. The van der Waals surface area contributed by atoms with E-state index in [2.05, 4.69) is 10.3 Å². The maximum Gasteiger partial charge on any atom is 0.351 e. The molecule has 10 heteroatoms. The molecule has 1 aromatic heterocycles. The van der Waals surface area contributed by atoms with Crippen LogP contribution in [0, 0.1) is 0 Å². The number of nitrogens with zero attached hydrogens (tertiary/aromatic N) is 2. The molecular formula is C13H20F2N4O4. The van der Waals surface area contributed by atoms with Crippen molar-refractivity contribution in [3.05, 3.63) is 22.7 Å². The number of halogens is 2. The first-order chi connectivity index (χ1) is 10.9. The van der Waals surface area contributed by atoms with Gasteiger partial charge in [-0.05, 0) is 19.0 Å². The fraction of sp³-hybridized carbons (Fsp3) is 0.692. The molecule has 130 valence electrons. The van der Waals surface area contributed by atoms with Gasteiger partial charge in [0.15, 0.2) is 0 Å². The van der Waals surface area contributed by atoms with Gasteiger partial charge in [-0.15, -0.1) is 0 Å². The SMILES string of the molecule is COCCCNC[C@H]1O[C@@H](n2ccc(N)nc2=O)C(F)(F)[C@@H]1O. The summed E-state index contributed by atoms with van der Waals surface area (Å²) in [6.07, 6.45) is -3.34. The summed E-state index contributed by atoms with van der Waals surface area (Å²) in [5, 5.41) is 12.7. The van der Waals surface area contributed by atoms with Gasteiger partial charge in [-0.2, -0.15) is 13.8 Å². The van der Waals surface area contributed by atoms with Crippen molar-refractivity contribution in [2.75, 3.05) is 32.5 Å². The minimum atomic E-state index is -3.62. The fourth-order valence-corrected chi connectivity index (χ4v) is 2.33. The number of rotatable bonds is 7. The topological polar surface area (TPSA) is 112 Å². The third-order valence-corrected chi connectivity index (χ3v) is 3.53. The summed E-state index contributed by atoms with van der Waals surface area (Å²) in [6, 6.07) is 1.21. The molecule has 0 saturated carbocycles. The van der Waals surface area contributed by atoms with E-state index in [4.69, 9.17) is 15.2 Å². The first-order valence-electron chi connectivity index (χ1n) is 7.13. The highest BCUT2D eigenvalue weighted by molar-refractivity contribution is 5.23. The molecule has 0 aromatic carbocycles. The third-order valence-electron chi connectivity index (χ3n) is 3.53. The van der Waals surface area contributed by atoms with Crippen LogP contribution in [0.1, 0.15) is 12.6 Å². The number of alkyl halides is 2. The highest BCUT2D eigenvalue weighted by atomic mass is 19.3. The summed E-state index contributed by atoms with van der Waals surface area (Å²) in [6.45, 7) is 1.08. The number of nitrogen functional groups attached to an aromatic ring is 1. The number of anilines is 1. The Bertz CT molecular complexity index is 583. The van der Waals surface area contributed by atoms with Crippen LogP contribution in [0.5, 0.6) is 0 Å². The van der Waals surface area contributed by atoms with Gasteiger partial charge in [-0.3, -0.25) is 4.57 Å².